The molecule has 3 amide bonds. The first-order valence-corrected chi connectivity index (χ1v) is 8.03. The predicted octanol–water partition coefficient (Wildman–Crippen LogP) is 3.00. The van der Waals surface area contributed by atoms with Gasteiger partial charge in [-0.3, -0.25) is 14.9 Å². The highest BCUT2D eigenvalue weighted by atomic mass is 19.1. The highest BCUT2D eigenvalue weighted by Gasteiger charge is 2.39. The molecular weight excluding hydrogens is 374 g/mol. The zero-order valence-electron chi connectivity index (χ0n) is 14.2. The summed E-state index contributed by atoms with van der Waals surface area (Å²) in [5.74, 6) is -3.59. The highest BCUT2D eigenvalue weighted by Crippen LogP contribution is 2.32. The van der Waals surface area contributed by atoms with Gasteiger partial charge in [-0.05, 0) is 12.1 Å². The van der Waals surface area contributed by atoms with Crippen molar-refractivity contribution in [2.45, 2.75) is 6.04 Å². The van der Waals surface area contributed by atoms with Crippen LogP contribution in [0.15, 0.2) is 54.7 Å². The Labute approximate surface area is 157 Å². The minimum absolute atomic E-state index is 0.000376. The average molecular weight is 388 g/mol. The van der Waals surface area contributed by atoms with Crippen molar-refractivity contribution in [2.24, 2.45) is 5.92 Å². The minimum Gasteiger partial charge on any atom is -0.330 e. The molecule has 28 heavy (non-hydrogen) atoms. The molecule has 144 valence electrons. The zero-order valence-corrected chi connectivity index (χ0v) is 14.2. The van der Waals surface area contributed by atoms with Gasteiger partial charge in [0.2, 0.25) is 5.91 Å². The van der Waals surface area contributed by atoms with Crippen LogP contribution in [-0.2, 0) is 4.79 Å². The maximum atomic E-state index is 14.2. The Balaban J connectivity index is 1.92. The van der Waals surface area contributed by atoms with Gasteiger partial charge >= 0.3 is 6.03 Å². The first-order chi connectivity index (χ1) is 13.3. The molecule has 2 aromatic carbocycles. The molecule has 0 unspecified atom stereocenters. The molecule has 3 rings (SSSR count). The second-order valence-electron chi connectivity index (χ2n) is 6.04. The fourth-order valence-corrected chi connectivity index (χ4v) is 2.92. The Bertz CT molecular complexity index is 995. The van der Waals surface area contributed by atoms with Gasteiger partial charge in [-0.2, -0.15) is 0 Å². The monoisotopic (exact) mass is 388 g/mol. The predicted molar refractivity (Wildman–Crippen MR) is 95.1 cm³/mol. The molecule has 2 atom stereocenters. The molecular formula is C18H14F2N4O4. The van der Waals surface area contributed by atoms with Gasteiger partial charge in [0.1, 0.15) is 17.6 Å². The molecule has 0 saturated carbocycles. The third-order valence-electron chi connectivity index (χ3n) is 4.17. The number of benzene rings is 2. The van der Waals surface area contributed by atoms with Gasteiger partial charge in [-0.1, -0.05) is 18.7 Å². The summed E-state index contributed by atoms with van der Waals surface area (Å²) < 4.78 is 27.5. The number of carbonyl (C=O) groups is 2. The van der Waals surface area contributed by atoms with Crippen LogP contribution in [0.4, 0.5) is 25.0 Å². The van der Waals surface area contributed by atoms with Gasteiger partial charge in [0, 0.05) is 35.1 Å². The Morgan fingerprint density at radius 3 is 2.64 bits per heavy atom. The highest BCUT2D eigenvalue weighted by molar-refractivity contribution is 5.97. The quantitative estimate of drug-likeness (QED) is 0.552. The van der Waals surface area contributed by atoms with E-state index in [1.807, 2.05) is 0 Å². The Morgan fingerprint density at radius 2 is 1.96 bits per heavy atom. The number of halogens is 2. The number of non-ortho nitro benzene ring substituents is 1. The summed E-state index contributed by atoms with van der Waals surface area (Å²) in [7, 11) is 0. The fourth-order valence-electron chi connectivity index (χ4n) is 2.92. The number of nitrogens with zero attached hydrogens (tertiary/aromatic N) is 1. The van der Waals surface area contributed by atoms with Crippen molar-refractivity contribution in [1.29, 1.82) is 0 Å². The van der Waals surface area contributed by atoms with Gasteiger partial charge in [-0.25, -0.2) is 13.6 Å². The van der Waals surface area contributed by atoms with Crippen LogP contribution in [0.1, 0.15) is 11.6 Å². The summed E-state index contributed by atoms with van der Waals surface area (Å²) in [4.78, 5) is 34.9. The van der Waals surface area contributed by atoms with E-state index in [0.29, 0.717) is 6.07 Å². The van der Waals surface area contributed by atoms with Crippen LogP contribution in [0, 0.1) is 27.7 Å². The van der Waals surface area contributed by atoms with Gasteiger partial charge in [0.15, 0.2) is 0 Å². The van der Waals surface area contributed by atoms with E-state index < -0.39 is 40.5 Å². The third kappa shape index (κ3) is 3.80. The normalized spacial score (nSPS) is 18.8. The van der Waals surface area contributed by atoms with Gasteiger partial charge < -0.3 is 16.0 Å². The fraction of sp³-hybridized carbons (Fsp3) is 0.111. The summed E-state index contributed by atoms with van der Waals surface area (Å²) in [6.07, 6.45) is 0. The minimum atomic E-state index is -1.16. The van der Waals surface area contributed by atoms with E-state index in [1.165, 1.54) is 18.2 Å². The SMILES string of the molecule is C=C1NC(=O)N[C@H](c2ccc(F)cc2F)[C@H]1C(=O)Nc1cccc([N+](=O)[O-])c1. The molecule has 0 radical (unpaired) electrons. The largest absolute Gasteiger partial charge is 0.330 e. The first kappa shape index (κ1) is 19.0. The Kier molecular flexibility index (Phi) is 5.03. The number of rotatable bonds is 4. The van der Waals surface area contributed by atoms with E-state index in [4.69, 9.17) is 0 Å². The molecule has 0 aromatic heterocycles. The Hall–Kier alpha value is -3.82. The number of urea groups is 1. The van der Waals surface area contributed by atoms with Crippen molar-refractivity contribution < 1.29 is 23.3 Å². The number of hydrogen-bond acceptors (Lipinski definition) is 4. The summed E-state index contributed by atoms with van der Waals surface area (Å²) in [5, 5.41) is 18.1. The molecule has 0 spiro atoms. The van der Waals surface area contributed by atoms with Crippen LogP contribution in [0.25, 0.3) is 0 Å². The maximum absolute atomic E-state index is 14.2. The van der Waals surface area contributed by atoms with Crippen molar-refractivity contribution in [3.8, 4) is 0 Å². The zero-order chi connectivity index (χ0) is 20.4. The standard InChI is InChI=1S/C18H14F2N4O4/c1-9-15(17(25)22-11-3-2-4-12(8-11)24(27)28)16(23-18(26)21-9)13-6-5-10(19)7-14(13)20/h2-8,15-16H,1H2,(H,22,25)(H2,21,23,26)/t15-,16+/m0/s1. The second-order valence-corrected chi connectivity index (χ2v) is 6.04. The number of nitrogens with one attached hydrogen (secondary N) is 3. The molecule has 1 aliphatic heterocycles. The molecule has 8 nitrogen and oxygen atoms in total. The smallest absolute Gasteiger partial charge is 0.319 e. The second kappa shape index (κ2) is 7.43. The molecule has 3 N–H and O–H groups in total. The topological polar surface area (TPSA) is 113 Å². The summed E-state index contributed by atoms with van der Waals surface area (Å²) >= 11 is 0. The maximum Gasteiger partial charge on any atom is 0.319 e. The van der Waals surface area contributed by atoms with E-state index >= 15 is 0 Å². The van der Waals surface area contributed by atoms with E-state index in [9.17, 15) is 28.5 Å². The van der Waals surface area contributed by atoms with E-state index in [-0.39, 0.29) is 22.6 Å². The van der Waals surface area contributed by atoms with Crippen molar-refractivity contribution in [2.75, 3.05) is 5.32 Å². The Morgan fingerprint density at radius 1 is 1.21 bits per heavy atom. The van der Waals surface area contributed by atoms with Crippen LogP contribution >= 0.6 is 0 Å². The molecule has 0 aliphatic carbocycles. The molecule has 2 aromatic rings. The number of anilines is 1. The number of amides is 3. The van der Waals surface area contributed by atoms with Crippen LogP contribution in [-0.4, -0.2) is 16.9 Å². The van der Waals surface area contributed by atoms with Gasteiger partial charge in [0.05, 0.1) is 11.0 Å². The van der Waals surface area contributed by atoms with E-state index in [0.717, 1.165) is 18.2 Å². The van der Waals surface area contributed by atoms with Crippen molar-refractivity contribution in [3.63, 3.8) is 0 Å². The average Bonchev–Trinajstić information content (AvgIpc) is 2.61. The van der Waals surface area contributed by atoms with Gasteiger partial charge in [0.25, 0.3) is 5.69 Å². The molecule has 1 fully saturated rings. The van der Waals surface area contributed by atoms with Crippen LogP contribution < -0.4 is 16.0 Å². The summed E-state index contributed by atoms with van der Waals surface area (Å²) in [6, 6.07) is 6.17. The number of nitro benzene ring substituents is 1. The van der Waals surface area contributed by atoms with Crippen LogP contribution in [0.2, 0.25) is 0 Å². The third-order valence-corrected chi connectivity index (χ3v) is 4.17. The molecule has 0 bridgehead atoms. The number of carbonyl (C=O) groups excluding carboxylic acids is 2. The molecule has 1 saturated heterocycles. The van der Waals surface area contributed by atoms with Crippen LogP contribution in [0.3, 0.4) is 0 Å². The molecule has 1 aliphatic rings. The lowest BCUT2D eigenvalue weighted by Gasteiger charge is -2.34. The van der Waals surface area contributed by atoms with Gasteiger partial charge in [-0.15, -0.1) is 0 Å². The van der Waals surface area contributed by atoms with Crippen LogP contribution in [0.5, 0.6) is 0 Å². The van der Waals surface area contributed by atoms with E-state index in [2.05, 4.69) is 22.5 Å². The molecule has 10 heteroatoms. The number of nitro groups is 1. The summed E-state index contributed by atoms with van der Waals surface area (Å²) in [6.45, 7) is 3.64. The van der Waals surface area contributed by atoms with Crippen molar-refractivity contribution >= 4 is 23.3 Å². The molecule has 1 heterocycles. The lowest BCUT2D eigenvalue weighted by molar-refractivity contribution is -0.384. The lowest BCUT2D eigenvalue weighted by atomic mass is 9.88. The summed E-state index contributed by atoms with van der Waals surface area (Å²) in [5.41, 5.74) is -0.188. The van der Waals surface area contributed by atoms with Crippen molar-refractivity contribution in [3.05, 3.63) is 82.1 Å². The number of hydrogen-bond donors (Lipinski definition) is 3. The first-order valence-electron chi connectivity index (χ1n) is 8.03. The van der Waals surface area contributed by atoms with Crippen molar-refractivity contribution in [1.82, 2.24) is 10.6 Å². The van der Waals surface area contributed by atoms with E-state index in [1.54, 1.807) is 0 Å². The lowest BCUT2D eigenvalue weighted by Crippen LogP contribution is -2.52.